The summed E-state index contributed by atoms with van der Waals surface area (Å²) >= 11 is 0. The smallest absolute Gasteiger partial charge is 0.233 e. The van der Waals surface area contributed by atoms with Gasteiger partial charge in [0.25, 0.3) is 0 Å². The molecule has 1 aliphatic carbocycles. The Morgan fingerprint density at radius 3 is 2.39 bits per heavy atom. The minimum absolute atomic E-state index is 0. The van der Waals surface area contributed by atoms with E-state index in [1.165, 1.54) is 0 Å². The van der Waals surface area contributed by atoms with Crippen LogP contribution < -0.4 is 4.74 Å². The molecule has 1 amide bonds. The molecule has 168 valence electrons. The molecule has 1 aliphatic heterocycles. The Hall–Kier alpha value is -2.08. The van der Waals surface area contributed by atoms with E-state index in [9.17, 15) is 9.90 Å². The SMILES string of the molecule is COc1cccc(C2(O)CCN(C(=O)C3(c4ccccc4)CC3)CC2CN(C)C)c1.Cl. The number of ether oxygens (including phenoxy) is 1. The largest absolute Gasteiger partial charge is 0.497 e. The lowest BCUT2D eigenvalue weighted by Crippen LogP contribution is -2.56. The van der Waals surface area contributed by atoms with Crippen LogP contribution in [0.4, 0.5) is 0 Å². The van der Waals surface area contributed by atoms with Crippen molar-refractivity contribution in [2.24, 2.45) is 5.92 Å². The lowest BCUT2D eigenvalue weighted by Gasteiger charge is -2.46. The summed E-state index contributed by atoms with van der Waals surface area (Å²) in [4.78, 5) is 17.7. The molecule has 2 atom stereocenters. The van der Waals surface area contributed by atoms with Gasteiger partial charge in [0, 0.05) is 25.6 Å². The molecule has 6 heteroatoms. The highest BCUT2D eigenvalue weighted by atomic mass is 35.5. The molecule has 0 radical (unpaired) electrons. The maximum absolute atomic E-state index is 13.6. The molecule has 2 aromatic rings. The van der Waals surface area contributed by atoms with E-state index in [1.54, 1.807) is 7.11 Å². The molecule has 0 aromatic heterocycles. The van der Waals surface area contributed by atoms with Gasteiger partial charge in [0.2, 0.25) is 5.91 Å². The third kappa shape index (κ3) is 4.45. The monoisotopic (exact) mass is 444 g/mol. The molecule has 2 aliphatic rings. The number of piperidine rings is 1. The summed E-state index contributed by atoms with van der Waals surface area (Å²) in [7, 11) is 5.67. The van der Waals surface area contributed by atoms with Crippen LogP contribution in [0.1, 0.15) is 30.4 Å². The number of methoxy groups -OCH3 is 1. The van der Waals surface area contributed by atoms with E-state index in [0.717, 1.165) is 29.7 Å². The average Bonchev–Trinajstić information content (AvgIpc) is 3.57. The fourth-order valence-corrected chi connectivity index (χ4v) is 4.94. The Morgan fingerprint density at radius 2 is 1.77 bits per heavy atom. The normalized spacial score (nSPS) is 24.4. The molecule has 31 heavy (non-hydrogen) atoms. The Morgan fingerprint density at radius 1 is 1.10 bits per heavy atom. The Labute approximate surface area is 191 Å². The van der Waals surface area contributed by atoms with E-state index in [-0.39, 0.29) is 29.6 Å². The maximum Gasteiger partial charge on any atom is 0.233 e. The van der Waals surface area contributed by atoms with Crippen LogP contribution >= 0.6 is 12.4 Å². The zero-order chi connectivity index (χ0) is 21.4. The molecule has 0 spiro atoms. The highest BCUT2D eigenvalue weighted by molar-refractivity contribution is 5.91. The molecule has 0 bridgehead atoms. The van der Waals surface area contributed by atoms with Gasteiger partial charge in [0.1, 0.15) is 5.75 Å². The van der Waals surface area contributed by atoms with Crippen LogP contribution in [-0.4, -0.2) is 61.7 Å². The number of nitrogens with zero attached hydrogens (tertiary/aromatic N) is 2. The summed E-state index contributed by atoms with van der Waals surface area (Å²) < 4.78 is 5.38. The number of hydrogen-bond donors (Lipinski definition) is 1. The van der Waals surface area contributed by atoms with Crippen molar-refractivity contribution in [3.8, 4) is 5.75 Å². The Bertz CT molecular complexity index is 901. The highest BCUT2D eigenvalue weighted by Gasteiger charge is 2.55. The second kappa shape index (κ2) is 9.19. The van der Waals surface area contributed by atoms with Crippen molar-refractivity contribution in [1.82, 2.24) is 9.80 Å². The van der Waals surface area contributed by atoms with E-state index in [1.807, 2.05) is 61.5 Å². The van der Waals surface area contributed by atoms with Crippen molar-refractivity contribution in [1.29, 1.82) is 0 Å². The summed E-state index contributed by atoms with van der Waals surface area (Å²) in [6.45, 7) is 1.82. The van der Waals surface area contributed by atoms with Crippen LogP contribution in [-0.2, 0) is 15.8 Å². The van der Waals surface area contributed by atoms with Gasteiger partial charge in [-0.3, -0.25) is 4.79 Å². The molecule has 1 saturated heterocycles. The highest BCUT2D eigenvalue weighted by Crippen LogP contribution is 2.50. The summed E-state index contributed by atoms with van der Waals surface area (Å²) in [6.07, 6.45) is 2.34. The van der Waals surface area contributed by atoms with Crippen LogP contribution in [0.5, 0.6) is 5.75 Å². The molecular weight excluding hydrogens is 412 g/mol. The molecule has 5 nitrogen and oxygen atoms in total. The molecular formula is C25H33ClN2O3. The summed E-state index contributed by atoms with van der Waals surface area (Å²) in [6, 6.07) is 17.9. The van der Waals surface area contributed by atoms with E-state index in [0.29, 0.717) is 26.1 Å². The van der Waals surface area contributed by atoms with Gasteiger partial charge in [0.15, 0.2) is 0 Å². The first-order chi connectivity index (χ1) is 14.4. The number of aliphatic hydroxyl groups is 1. The van der Waals surface area contributed by atoms with Crippen LogP contribution in [0.3, 0.4) is 0 Å². The lowest BCUT2D eigenvalue weighted by atomic mass is 9.75. The van der Waals surface area contributed by atoms with Gasteiger partial charge in [-0.15, -0.1) is 12.4 Å². The molecule has 2 fully saturated rings. The maximum atomic E-state index is 13.6. The van der Waals surface area contributed by atoms with Crippen molar-refractivity contribution < 1.29 is 14.6 Å². The van der Waals surface area contributed by atoms with Gasteiger partial charge in [-0.05, 0) is 56.6 Å². The van der Waals surface area contributed by atoms with Crippen molar-refractivity contribution >= 4 is 18.3 Å². The summed E-state index contributed by atoms with van der Waals surface area (Å²) in [5.41, 5.74) is 0.631. The van der Waals surface area contributed by atoms with E-state index < -0.39 is 5.60 Å². The van der Waals surface area contributed by atoms with E-state index >= 15 is 0 Å². The molecule has 2 aromatic carbocycles. The number of carbonyl (C=O) groups is 1. The molecule has 4 rings (SSSR count). The average molecular weight is 445 g/mol. The lowest BCUT2D eigenvalue weighted by molar-refractivity contribution is -0.144. The van der Waals surface area contributed by atoms with E-state index in [2.05, 4.69) is 17.0 Å². The van der Waals surface area contributed by atoms with Gasteiger partial charge in [-0.1, -0.05) is 42.5 Å². The van der Waals surface area contributed by atoms with Crippen molar-refractivity contribution in [3.63, 3.8) is 0 Å². The molecule has 1 heterocycles. The Balaban J connectivity index is 0.00000272. The third-order valence-electron chi connectivity index (χ3n) is 6.81. The molecule has 1 N–H and O–H groups in total. The van der Waals surface area contributed by atoms with Crippen LogP contribution in [0.25, 0.3) is 0 Å². The second-order valence-electron chi connectivity index (χ2n) is 9.06. The number of halogens is 1. The van der Waals surface area contributed by atoms with Crippen LogP contribution in [0, 0.1) is 5.92 Å². The molecule has 2 unspecified atom stereocenters. The Kier molecular flexibility index (Phi) is 6.99. The zero-order valence-corrected chi connectivity index (χ0v) is 19.4. The van der Waals surface area contributed by atoms with Crippen molar-refractivity contribution in [2.45, 2.75) is 30.3 Å². The van der Waals surface area contributed by atoms with Gasteiger partial charge in [0.05, 0.1) is 18.1 Å². The summed E-state index contributed by atoms with van der Waals surface area (Å²) in [5, 5.41) is 11.8. The van der Waals surface area contributed by atoms with Crippen LogP contribution in [0.2, 0.25) is 0 Å². The number of rotatable bonds is 6. The van der Waals surface area contributed by atoms with Gasteiger partial charge in [-0.2, -0.15) is 0 Å². The predicted octanol–water partition coefficient (Wildman–Crippen LogP) is 3.45. The predicted molar refractivity (Wildman–Crippen MR) is 125 cm³/mol. The quantitative estimate of drug-likeness (QED) is 0.741. The van der Waals surface area contributed by atoms with E-state index in [4.69, 9.17) is 4.74 Å². The number of carbonyl (C=O) groups excluding carboxylic acids is 1. The fourth-order valence-electron chi connectivity index (χ4n) is 4.94. The van der Waals surface area contributed by atoms with Gasteiger partial charge >= 0.3 is 0 Å². The fraction of sp³-hybridized carbons (Fsp3) is 0.480. The second-order valence-corrected chi connectivity index (χ2v) is 9.06. The summed E-state index contributed by atoms with van der Waals surface area (Å²) in [5.74, 6) is 0.873. The van der Waals surface area contributed by atoms with Crippen molar-refractivity contribution in [3.05, 3.63) is 65.7 Å². The number of hydrogen-bond acceptors (Lipinski definition) is 4. The number of likely N-dealkylation sites (tertiary alicyclic amines) is 1. The number of benzene rings is 2. The van der Waals surface area contributed by atoms with Gasteiger partial charge < -0.3 is 19.6 Å². The number of amides is 1. The first-order valence-corrected chi connectivity index (χ1v) is 10.8. The van der Waals surface area contributed by atoms with Crippen LogP contribution in [0.15, 0.2) is 54.6 Å². The van der Waals surface area contributed by atoms with Gasteiger partial charge in [-0.25, -0.2) is 0 Å². The first-order valence-electron chi connectivity index (χ1n) is 10.8. The minimum Gasteiger partial charge on any atom is -0.497 e. The van der Waals surface area contributed by atoms with Crippen molar-refractivity contribution in [2.75, 3.05) is 40.8 Å². The topological polar surface area (TPSA) is 53.0 Å². The minimum atomic E-state index is -0.987. The molecule has 1 saturated carbocycles. The standard InChI is InChI=1S/C25H32N2O3.ClH/c1-26(2)17-21-18-27(23(28)24(12-13-24)19-8-5-4-6-9-19)15-14-25(21,29)20-10-7-11-22(16-20)30-3;/h4-11,16,21,29H,12-15,17-18H2,1-3H3;1H. The zero-order valence-electron chi connectivity index (χ0n) is 18.6. The third-order valence-corrected chi connectivity index (χ3v) is 6.81. The first kappa shape index (κ1) is 23.6.